The summed E-state index contributed by atoms with van der Waals surface area (Å²) in [6, 6.07) is 2.83. The number of carboxylic acid groups (broad SMARTS) is 1. The predicted molar refractivity (Wildman–Crippen MR) is 85.8 cm³/mol. The predicted octanol–water partition coefficient (Wildman–Crippen LogP) is 2.19. The summed E-state index contributed by atoms with van der Waals surface area (Å²) in [6.45, 7) is 1.80. The summed E-state index contributed by atoms with van der Waals surface area (Å²) in [5.74, 6) is -1.92. The highest BCUT2D eigenvalue weighted by molar-refractivity contribution is 6.42. The van der Waals surface area contributed by atoms with Gasteiger partial charge in [-0.15, -0.1) is 0 Å². The summed E-state index contributed by atoms with van der Waals surface area (Å²) in [5.41, 5.74) is 0.338. The monoisotopic (exact) mass is 358 g/mol. The lowest BCUT2D eigenvalue weighted by molar-refractivity contribution is -0.141. The van der Waals surface area contributed by atoms with Crippen LogP contribution in [0.25, 0.3) is 0 Å². The van der Waals surface area contributed by atoms with Crippen LogP contribution >= 0.6 is 23.2 Å². The summed E-state index contributed by atoms with van der Waals surface area (Å²) in [4.78, 5) is 37.1. The number of aliphatic carboxylic acids is 1. The molecule has 124 valence electrons. The van der Waals surface area contributed by atoms with E-state index in [1.807, 2.05) is 0 Å². The molecule has 0 aliphatic carbocycles. The first-order chi connectivity index (χ1) is 10.8. The van der Waals surface area contributed by atoms with Gasteiger partial charge in [-0.3, -0.25) is 14.4 Å². The molecule has 1 heterocycles. The van der Waals surface area contributed by atoms with Crippen molar-refractivity contribution in [3.8, 4) is 0 Å². The second-order valence-corrected chi connectivity index (χ2v) is 6.17. The highest BCUT2D eigenvalue weighted by Crippen LogP contribution is 2.26. The van der Waals surface area contributed by atoms with Crippen LogP contribution in [-0.2, 0) is 9.59 Å². The van der Waals surface area contributed by atoms with Crippen molar-refractivity contribution in [1.29, 1.82) is 0 Å². The molecule has 1 aliphatic heterocycles. The Morgan fingerprint density at radius 3 is 2.61 bits per heavy atom. The largest absolute Gasteiger partial charge is 0.480 e. The van der Waals surface area contributed by atoms with E-state index < -0.39 is 24.0 Å². The van der Waals surface area contributed by atoms with Crippen LogP contribution in [0.3, 0.4) is 0 Å². The first kappa shape index (κ1) is 17.6. The number of hydrogen-bond donors (Lipinski definition) is 2. The van der Waals surface area contributed by atoms with Crippen LogP contribution in [-0.4, -0.2) is 46.4 Å². The van der Waals surface area contributed by atoms with Gasteiger partial charge in [-0.2, -0.15) is 0 Å². The topological polar surface area (TPSA) is 86.7 Å². The number of amides is 2. The lowest BCUT2D eigenvalue weighted by Crippen LogP contribution is -2.50. The Kier molecular flexibility index (Phi) is 5.49. The van der Waals surface area contributed by atoms with Gasteiger partial charge in [0.05, 0.1) is 10.0 Å². The summed E-state index contributed by atoms with van der Waals surface area (Å²) in [6.07, 6.45) is 1.16. The molecule has 1 aliphatic rings. The summed E-state index contributed by atoms with van der Waals surface area (Å²) >= 11 is 11.8. The third-order valence-electron chi connectivity index (χ3n) is 3.71. The highest BCUT2D eigenvalue weighted by Gasteiger charge is 2.35. The summed E-state index contributed by atoms with van der Waals surface area (Å²) in [7, 11) is 0. The van der Waals surface area contributed by atoms with E-state index in [1.165, 1.54) is 24.0 Å². The minimum Gasteiger partial charge on any atom is -0.480 e. The Balaban J connectivity index is 2.14. The van der Waals surface area contributed by atoms with E-state index >= 15 is 0 Å². The second kappa shape index (κ2) is 7.19. The summed E-state index contributed by atoms with van der Waals surface area (Å²) < 4.78 is 0. The van der Waals surface area contributed by atoms with Crippen LogP contribution in [0.15, 0.2) is 18.2 Å². The number of carbonyl (C=O) groups is 3. The molecule has 0 saturated carbocycles. The van der Waals surface area contributed by atoms with Crippen molar-refractivity contribution in [3.05, 3.63) is 33.8 Å². The fourth-order valence-corrected chi connectivity index (χ4v) is 2.75. The highest BCUT2D eigenvalue weighted by atomic mass is 35.5. The maximum absolute atomic E-state index is 12.6. The molecule has 2 rings (SSSR count). The van der Waals surface area contributed by atoms with Gasteiger partial charge in [0.1, 0.15) is 12.1 Å². The average molecular weight is 359 g/mol. The van der Waals surface area contributed by atoms with Crippen LogP contribution in [0, 0.1) is 0 Å². The lowest BCUT2D eigenvalue weighted by atomic mass is 10.1. The second-order valence-electron chi connectivity index (χ2n) is 5.35. The zero-order valence-electron chi connectivity index (χ0n) is 12.4. The zero-order valence-corrected chi connectivity index (χ0v) is 13.9. The number of halogens is 2. The van der Waals surface area contributed by atoms with Crippen molar-refractivity contribution < 1.29 is 19.5 Å². The van der Waals surface area contributed by atoms with E-state index in [0.29, 0.717) is 30.0 Å². The number of nitrogens with one attached hydrogen (secondary N) is 1. The van der Waals surface area contributed by atoms with Crippen molar-refractivity contribution >= 4 is 41.0 Å². The molecule has 0 spiro atoms. The Bertz CT molecular complexity index is 650. The first-order valence-electron chi connectivity index (χ1n) is 7.10. The zero-order chi connectivity index (χ0) is 17.1. The summed E-state index contributed by atoms with van der Waals surface area (Å²) in [5, 5.41) is 11.9. The average Bonchev–Trinajstić information content (AvgIpc) is 2.98. The number of carbonyl (C=O) groups excluding carboxylic acids is 2. The number of likely N-dealkylation sites (tertiary alicyclic amines) is 1. The minimum atomic E-state index is -1.13. The van der Waals surface area contributed by atoms with E-state index in [1.54, 1.807) is 6.07 Å². The Morgan fingerprint density at radius 2 is 2.00 bits per heavy atom. The number of nitrogens with zero attached hydrogens (tertiary/aromatic N) is 1. The number of benzene rings is 1. The molecule has 1 unspecified atom stereocenters. The van der Waals surface area contributed by atoms with Gasteiger partial charge in [0.15, 0.2) is 0 Å². The van der Waals surface area contributed by atoms with Gasteiger partial charge >= 0.3 is 5.97 Å². The molecule has 6 nitrogen and oxygen atoms in total. The molecule has 2 atom stereocenters. The quantitative estimate of drug-likeness (QED) is 0.863. The number of rotatable bonds is 4. The molecule has 1 fully saturated rings. The van der Waals surface area contributed by atoms with Gasteiger partial charge in [-0.25, -0.2) is 0 Å². The standard InChI is InChI=1S/C15H16Cl2N2O4/c1-8(15(22)23)18-13(20)12-3-2-6-19(12)14(21)9-4-5-10(16)11(17)7-9/h4-5,7-8,12H,2-3,6H2,1H3,(H,18,20)(H,22,23)/t8-,12?/m1/s1. The SMILES string of the molecule is C[C@@H](NC(=O)C1CCCN1C(=O)c1ccc(Cl)c(Cl)c1)C(=O)O. The molecule has 1 aromatic rings. The van der Waals surface area contributed by atoms with Gasteiger partial charge in [0, 0.05) is 12.1 Å². The molecule has 2 amide bonds. The van der Waals surface area contributed by atoms with E-state index in [0.717, 1.165) is 0 Å². The van der Waals surface area contributed by atoms with E-state index in [2.05, 4.69) is 5.32 Å². The van der Waals surface area contributed by atoms with Gasteiger partial charge < -0.3 is 15.3 Å². The van der Waals surface area contributed by atoms with E-state index in [9.17, 15) is 14.4 Å². The fraction of sp³-hybridized carbons (Fsp3) is 0.400. The Morgan fingerprint density at radius 1 is 1.30 bits per heavy atom. The first-order valence-corrected chi connectivity index (χ1v) is 7.86. The van der Waals surface area contributed by atoms with Gasteiger partial charge in [-0.05, 0) is 38.0 Å². The molecule has 1 saturated heterocycles. The van der Waals surface area contributed by atoms with Gasteiger partial charge in [0.25, 0.3) is 5.91 Å². The minimum absolute atomic E-state index is 0.261. The number of hydrogen-bond acceptors (Lipinski definition) is 3. The molecular formula is C15H16Cl2N2O4. The maximum Gasteiger partial charge on any atom is 0.325 e. The smallest absolute Gasteiger partial charge is 0.325 e. The van der Waals surface area contributed by atoms with E-state index in [-0.39, 0.29) is 10.9 Å². The maximum atomic E-state index is 12.6. The van der Waals surface area contributed by atoms with Crippen LogP contribution in [0.5, 0.6) is 0 Å². The fourth-order valence-electron chi connectivity index (χ4n) is 2.45. The van der Waals surface area contributed by atoms with E-state index in [4.69, 9.17) is 28.3 Å². The Hall–Kier alpha value is -1.79. The van der Waals surface area contributed by atoms with Crippen molar-refractivity contribution in [1.82, 2.24) is 10.2 Å². The lowest BCUT2D eigenvalue weighted by Gasteiger charge is -2.25. The third-order valence-corrected chi connectivity index (χ3v) is 4.45. The molecule has 0 bridgehead atoms. The van der Waals surface area contributed by atoms with Crippen molar-refractivity contribution in [3.63, 3.8) is 0 Å². The molecular weight excluding hydrogens is 343 g/mol. The van der Waals surface area contributed by atoms with Crippen LogP contribution < -0.4 is 5.32 Å². The molecule has 8 heteroatoms. The molecule has 1 aromatic carbocycles. The van der Waals surface area contributed by atoms with Crippen LogP contribution in [0.2, 0.25) is 10.0 Å². The molecule has 23 heavy (non-hydrogen) atoms. The van der Waals surface area contributed by atoms with Crippen molar-refractivity contribution in [2.24, 2.45) is 0 Å². The third kappa shape index (κ3) is 3.95. The molecule has 0 radical (unpaired) electrons. The van der Waals surface area contributed by atoms with Gasteiger partial charge in [-0.1, -0.05) is 23.2 Å². The van der Waals surface area contributed by atoms with Gasteiger partial charge in [0.2, 0.25) is 5.91 Å². The van der Waals surface area contributed by atoms with Crippen LogP contribution in [0.4, 0.5) is 0 Å². The van der Waals surface area contributed by atoms with Crippen LogP contribution in [0.1, 0.15) is 30.1 Å². The normalized spacial score (nSPS) is 18.6. The van der Waals surface area contributed by atoms with Crippen molar-refractivity contribution in [2.45, 2.75) is 31.8 Å². The molecule has 0 aromatic heterocycles. The number of carboxylic acids is 1. The van der Waals surface area contributed by atoms with Crippen molar-refractivity contribution in [2.75, 3.05) is 6.54 Å². The molecule has 2 N–H and O–H groups in total. The Labute approximate surface area is 143 Å².